The molecule has 0 unspecified atom stereocenters. The summed E-state index contributed by atoms with van der Waals surface area (Å²) in [5.41, 5.74) is 0. The van der Waals surface area contributed by atoms with E-state index in [1.165, 1.54) is 19.9 Å². The van der Waals surface area contributed by atoms with Crippen molar-refractivity contribution in [3.63, 3.8) is 0 Å². The van der Waals surface area contributed by atoms with Crippen LogP contribution in [0.25, 0.3) is 0 Å². The van der Waals surface area contributed by atoms with Crippen LogP contribution >= 0.6 is 15.9 Å². The van der Waals surface area contributed by atoms with Crippen LogP contribution in [0.4, 0.5) is 0 Å². The molecule has 0 heterocycles. The van der Waals surface area contributed by atoms with Crippen LogP contribution < -0.4 is 0 Å². The first-order valence-electron chi connectivity index (χ1n) is 4.44. The average molecular weight is 307 g/mol. The van der Waals surface area contributed by atoms with E-state index in [1.54, 1.807) is 18.2 Å². The minimum atomic E-state index is -3.91. The van der Waals surface area contributed by atoms with E-state index in [0.29, 0.717) is 4.47 Å². The molecule has 1 aromatic carbocycles. The highest BCUT2D eigenvalue weighted by molar-refractivity contribution is 9.10. The number of halogens is 1. The molecule has 0 atom stereocenters. The van der Waals surface area contributed by atoms with E-state index in [0.717, 1.165) is 0 Å². The molecule has 0 saturated carbocycles. The van der Waals surface area contributed by atoms with Gasteiger partial charge in [-0.3, -0.25) is 4.79 Å². The van der Waals surface area contributed by atoms with Gasteiger partial charge in [-0.1, -0.05) is 12.1 Å². The van der Waals surface area contributed by atoms with Gasteiger partial charge in [0.1, 0.15) is 0 Å². The quantitative estimate of drug-likeness (QED) is 0.928. The maximum Gasteiger partial charge on any atom is 0.324 e. The minimum absolute atomic E-state index is 0.0117. The van der Waals surface area contributed by atoms with E-state index in [2.05, 4.69) is 15.9 Å². The Morgan fingerprint density at radius 1 is 1.31 bits per heavy atom. The first-order chi connectivity index (χ1) is 7.21. The summed E-state index contributed by atoms with van der Waals surface area (Å²) in [7, 11) is -3.91. The molecule has 4 nitrogen and oxygen atoms in total. The topological polar surface area (TPSA) is 71.4 Å². The number of carboxylic acids is 1. The zero-order valence-corrected chi connectivity index (χ0v) is 11.2. The summed E-state index contributed by atoms with van der Waals surface area (Å²) in [6.07, 6.45) is 0. The van der Waals surface area contributed by atoms with Gasteiger partial charge in [-0.05, 0) is 41.9 Å². The molecule has 6 heteroatoms. The van der Waals surface area contributed by atoms with Crippen molar-refractivity contribution >= 4 is 31.7 Å². The highest BCUT2D eigenvalue weighted by Crippen LogP contribution is 2.30. The van der Waals surface area contributed by atoms with E-state index < -0.39 is 20.6 Å². The third-order valence-corrected chi connectivity index (χ3v) is 5.72. The number of hydrogen-bond acceptors (Lipinski definition) is 3. The number of benzene rings is 1. The summed E-state index contributed by atoms with van der Waals surface area (Å²) < 4.78 is 22.7. The summed E-state index contributed by atoms with van der Waals surface area (Å²) in [5.74, 6) is -1.37. The van der Waals surface area contributed by atoms with Gasteiger partial charge in [0.25, 0.3) is 0 Å². The highest BCUT2D eigenvalue weighted by atomic mass is 79.9. The fourth-order valence-electron chi connectivity index (χ4n) is 1.05. The minimum Gasteiger partial charge on any atom is -0.480 e. The number of hydrogen-bond donors (Lipinski definition) is 1. The molecule has 0 aliphatic rings. The predicted molar refractivity (Wildman–Crippen MR) is 63.0 cm³/mol. The second-order valence-electron chi connectivity index (χ2n) is 3.75. The highest BCUT2D eigenvalue weighted by Gasteiger charge is 2.43. The molecule has 0 saturated heterocycles. The Hall–Kier alpha value is -0.880. The smallest absolute Gasteiger partial charge is 0.324 e. The molecular formula is C10H11BrO4S. The molecule has 1 aromatic rings. The second-order valence-corrected chi connectivity index (χ2v) is 7.07. The van der Waals surface area contributed by atoms with Crippen molar-refractivity contribution in [2.45, 2.75) is 23.5 Å². The molecule has 0 spiro atoms. The van der Waals surface area contributed by atoms with E-state index in [4.69, 9.17) is 5.11 Å². The number of carboxylic acid groups (broad SMARTS) is 1. The lowest BCUT2D eigenvalue weighted by Crippen LogP contribution is -2.40. The summed E-state index contributed by atoms with van der Waals surface area (Å²) in [4.78, 5) is 10.9. The SMILES string of the molecule is CC(C)(C(=O)O)S(=O)(=O)c1ccccc1Br. The van der Waals surface area contributed by atoms with Crippen LogP contribution in [0.3, 0.4) is 0 Å². The van der Waals surface area contributed by atoms with Gasteiger partial charge in [-0.25, -0.2) is 8.42 Å². The molecule has 1 rings (SSSR count). The van der Waals surface area contributed by atoms with E-state index in [1.807, 2.05) is 0 Å². The second kappa shape index (κ2) is 4.18. The van der Waals surface area contributed by atoms with Crippen LogP contribution in [-0.4, -0.2) is 24.2 Å². The van der Waals surface area contributed by atoms with E-state index >= 15 is 0 Å². The van der Waals surface area contributed by atoms with Crippen molar-refractivity contribution < 1.29 is 18.3 Å². The van der Waals surface area contributed by atoms with Crippen molar-refractivity contribution in [2.24, 2.45) is 0 Å². The maximum atomic E-state index is 12.1. The number of carbonyl (C=O) groups is 1. The maximum absolute atomic E-state index is 12.1. The Kier molecular flexibility index (Phi) is 3.44. The first kappa shape index (κ1) is 13.2. The van der Waals surface area contributed by atoms with Gasteiger partial charge in [-0.15, -0.1) is 0 Å². The third kappa shape index (κ3) is 1.99. The molecule has 0 aromatic heterocycles. The Bertz CT molecular complexity index is 519. The Morgan fingerprint density at radius 3 is 2.25 bits per heavy atom. The van der Waals surface area contributed by atoms with Crippen LogP contribution in [0.15, 0.2) is 33.6 Å². The predicted octanol–water partition coefficient (Wildman–Crippen LogP) is 2.09. The van der Waals surface area contributed by atoms with Crippen molar-refractivity contribution in [3.05, 3.63) is 28.7 Å². The van der Waals surface area contributed by atoms with Gasteiger partial charge in [0.2, 0.25) is 0 Å². The normalized spacial score (nSPS) is 12.4. The van der Waals surface area contributed by atoms with Crippen LogP contribution in [0.2, 0.25) is 0 Å². The zero-order chi connectivity index (χ0) is 12.6. The lowest BCUT2D eigenvalue weighted by Gasteiger charge is -2.20. The van der Waals surface area contributed by atoms with Crippen LogP contribution in [0.1, 0.15) is 13.8 Å². The fraction of sp³-hybridized carbons (Fsp3) is 0.300. The van der Waals surface area contributed by atoms with Gasteiger partial charge >= 0.3 is 5.97 Å². The molecule has 16 heavy (non-hydrogen) atoms. The number of rotatable bonds is 3. The lowest BCUT2D eigenvalue weighted by molar-refractivity contribution is -0.139. The molecule has 0 aliphatic carbocycles. The van der Waals surface area contributed by atoms with Crippen molar-refractivity contribution in [1.82, 2.24) is 0 Å². The van der Waals surface area contributed by atoms with Gasteiger partial charge in [0.15, 0.2) is 14.6 Å². The zero-order valence-electron chi connectivity index (χ0n) is 8.77. The van der Waals surface area contributed by atoms with Gasteiger partial charge in [0.05, 0.1) is 4.90 Å². The summed E-state index contributed by atoms with van der Waals surface area (Å²) >= 11 is 3.10. The molecule has 0 fully saturated rings. The standard InChI is InChI=1S/C10H11BrO4S/c1-10(2,9(12)13)16(14,15)8-6-4-3-5-7(8)11/h3-6H,1-2H3,(H,12,13). The van der Waals surface area contributed by atoms with Gasteiger partial charge < -0.3 is 5.11 Å². The third-order valence-electron chi connectivity index (χ3n) is 2.31. The van der Waals surface area contributed by atoms with Crippen LogP contribution in [-0.2, 0) is 14.6 Å². The Labute approximate surface area is 102 Å². The van der Waals surface area contributed by atoms with Gasteiger partial charge in [-0.2, -0.15) is 0 Å². The Balaban J connectivity index is 3.45. The van der Waals surface area contributed by atoms with Crippen LogP contribution in [0, 0.1) is 0 Å². The Morgan fingerprint density at radius 2 is 1.81 bits per heavy atom. The monoisotopic (exact) mass is 306 g/mol. The summed E-state index contributed by atoms with van der Waals surface area (Å²) in [6.45, 7) is 2.34. The summed E-state index contributed by atoms with van der Waals surface area (Å²) in [6, 6.07) is 6.15. The van der Waals surface area contributed by atoms with Gasteiger partial charge in [0, 0.05) is 4.47 Å². The molecule has 0 aliphatic heterocycles. The first-order valence-corrected chi connectivity index (χ1v) is 6.71. The average Bonchev–Trinajstić information content (AvgIpc) is 2.17. The van der Waals surface area contributed by atoms with E-state index in [-0.39, 0.29) is 4.90 Å². The largest absolute Gasteiger partial charge is 0.480 e. The molecule has 0 bridgehead atoms. The number of sulfone groups is 1. The fourth-order valence-corrected chi connectivity index (χ4v) is 3.34. The number of aliphatic carboxylic acids is 1. The molecule has 0 radical (unpaired) electrons. The van der Waals surface area contributed by atoms with E-state index in [9.17, 15) is 13.2 Å². The van der Waals surface area contributed by atoms with Crippen molar-refractivity contribution in [3.8, 4) is 0 Å². The molecule has 1 N–H and O–H groups in total. The van der Waals surface area contributed by atoms with Crippen LogP contribution in [0.5, 0.6) is 0 Å². The molecule has 0 amide bonds. The molecular weight excluding hydrogens is 296 g/mol. The lowest BCUT2D eigenvalue weighted by atomic mass is 10.2. The summed E-state index contributed by atoms with van der Waals surface area (Å²) in [5, 5.41) is 8.93. The molecule has 88 valence electrons. The van der Waals surface area contributed by atoms with Crippen molar-refractivity contribution in [1.29, 1.82) is 0 Å². The van der Waals surface area contributed by atoms with Crippen molar-refractivity contribution in [2.75, 3.05) is 0 Å².